The standard InChI is InChI=1S/C17H19F3N2O3S/c18-13-5-6-14(17(20)16(13)19)26(24,25)22-9-7-21(8-10-22)15(23)11-12-3-1-2-4-12/h1,3,5-6,12H,2,4,7-11H2/t12-/m1/s1. The second kappa shape index (κ2) is 7.40. The molecule has 1 aromatic carbocycles. The predicted molar refractivity (Wildman–Crippen MR) is 88.1 cm³/mol. The molecule has 0 bridgehead atoms. The van der Waals surface area contributed by atoms with Crippen molar-refractivity contribution in [3.63, 3.8) is 0 Å². The topological polar surface area (TPSA) is 57.7 Å². The number of nitrogens with zero attached hydrogens (tertiary/aromatic N) is 2. The first-order valence-electron chi connectivity index (χ1n) is 8.39. The summed E-state index contributed by atoms with van der Waals surface area (Å²) in [5.41, 5.74) is 0. The quantitative estimate of drug-likeness (QED) is 0.588. The van der Waals surface area contributed by atoms with Crippen molar-refractivity contribution in [1.29, 1.82) is 0 Å². The highest BCUT2D eigenvalue weighted by molar-refractivity contribution is 7.89. The Morgan fingerprint density at radius 1 is 1.08 bits per heavy atom. The van der Waals surface area contributed by atoms with E-state index in [2.05, 4.69) is 0 Å². The molecule has 1 amide bonds. The van der Waals surface area contributed by atoms with Gasteiger partial charge in [-0.15, -0.1) is 0 Å². The minimum atomic E-state index is -4.30. The maximum absolute atomic E-state index is 13.9. The molecular weight excluding hydrogens is 369 g/mol. The summed E-state index contributed by atoms with van der Waals surface area (Å²) < 4.78 is 66.2. The molecule has 3 rings (SSSR count). The van der Waals surface area contributed by atoms with Gasteiger partial charge in [-0.25, -0.2) is 21.6 Å². The van der Waals surface area contributed by atoms with E-state index in [4.69, 9.17) is 0 Å². The molecule has 2 aliphatic rings. The zero-order valence-electron chi connectivity index (χ0n) is 14.0. The van der Waals surface area contributed by atoms with E-state index < -0.39 is 32.4 Å². The van der Waals surface area contributed by atoms with Crippen molar-refractivity contribution in [2.45, 2.75) is 24.2 Å². The number of allylic oxidation sites excluding steroid dienone is 2. The molecule has 9 heteroatoms. The lowest BCUT2D eigenvalue weighted by molar-refractivity contribution is -0.133. The fraction of sp³-hybridized carbons (Fsp3) is 0.471. The molecule has 1 heterocycles. The summed E-state index contributed by atoms with van der Waals surface area (Å²) in [7, 11) is -4.30. The van der Waals surface area contributed by atoms with Crippen LogP contribution in [-0.2, 0) is 14.8 Å². The summed E-state index contributed by atoms with van der Waals surface area (Å²) >= 11 is 0. The van der Waals surface area contributed by atoms with Crippen LogP contribution < -0.4 is 0 Å². The van der Waals surface area contributed by atoms with Crippen LogP contribution in [0.3, 0.4) is 0 Å². The van der Waals surface area contributed by atoms with Gasteiger partial charge in [0.05, 0.1) is 0 Å². The lowest BCUT2D eigenvalue weighted by atomic mass is 10.0. The number of piperazine rings is 1. The first-order valence-corrected chi connectivity index (χ1v) is 9.83. The average Bonchev–Trinajstić information content (AvgIpc) is 3.12. The van der Waals surface area contributed by atoms with Crippen LogP contribution in [0.4, 0.5) is 13.2 Å². The van der Waals surface area contributed by atoms with Crippen molar-refractivity contribution in [3.8, 4) is 0 Å². The third-order valence-electron chi connectivity index (χ3n) is 4.76. The van der Waals surface area contributed by atoms with Gasteiger partial charge in [-0.2, -0.15) is 4.31 Å². The van der Waals surface area contributed by atoms with Crippen LogP contribution in [0.25, 0.3) is 0 Å². The Kier molecular flexibility index (Phi) is 5.38. The summed E-state index contributed by atoms with van der Waals surface area (Å²) in [6.45, 7) is 0.319. The van der Waals surface area contributed by atoms with Crippen molar-refractivity contribution in [2.24, 2.45) is 5.92 Å². The summed E-state index contributed by atoms with van der Waals surface area (Å²) in [6, 6.07) is 1.30. The van der Waals surface area contributed by atoms with Crippen LogP contribution in [-0.4, -0.2) is 49.7 Å². The summed E-state index contributed by atoms with van der Waals surface area (Å²) in [4.78, 5) is 13.0. The van der Waals surface area contributed by atoms with Gasteiger partial charge >= 0.3 is 0 Å². The maximum Gasteiger partial charge on any atom is 0.246 e. The Morgan fingerprint density at radius 2 is 1.77 bits per heavy atom. The van der Waals surface area contributed by atoms with Gasteiger partial charge in [0.2, 0.25) is 15.9 Å². The average molecular weight is 388 g/mol. The van der Waals surface area contributed by atoms with Crippen molar-refractivity contribution in [3.05, 3.63) is 41.7 Å². The molecule has 1 saturated heterocycles. The van der Waals surface area contributed by atoms with Gasteiger partial charge in [0.15, 0.2) is 17.5 Å². The molecule has 0 N–H and O–H groups in total. The normalized spacial score (nSPS) is 21.3. The van der Waals surface area contributed by atoms with Gasteiger partial charge in [-0.3, -0.25) is 4.79 Å². The molecule has 1 atom stereocenters. The molecule has 0 radical (unpaired) electrons. The lowest BCUT2D eigenvalue weighted by Crippen LogP contribution is -2.50. The van der Waals surface area contributed by atoms with Gasteiger partial charge < -0.3 is 4.90 Å². The van der Waals surface area contributed by atoms with Crippen molar-refractivity contribution < 1.29 is 26.4 Å². The Hall–Kier alpha value is -1.87. The van der Waals surface area contributed by atoms with Crippen LogP contribution in [0.5, 0.6) is 0 Å². The number of amides is 1. The second-order valence-corrected chi connectivity index (χ2v) is 8.33. The molecule has 1 aromatic rings. The van der Waals surface area contributed by atoms with E-state index in [0.717, 1.165) is 17.1 Å². The lowest BCUT2D eigenvalue weighted by Gasteiger charge is -2.34. The molecule has 0 aromatic heterocycles. The summed E-state index contributed by atoms with van der Waals surface area (Å²) in [6.07, 6.45) is 6.35. The van der Waals surface area contributed by atoms with E-state index in [1.54, 1.807) is 4.90 Å². The summed E-state index contributed by atoms with van der Waals surface area (Å²) in [5, 5.41) is 0. The molecule has 0 saturated carbocycles. The summed E-state index contributed by atoms with van der Waals surface area (Å²) in [5.74, 6) is -4.81. The van der Waals surface area contributed by atoms with Crippen LogP contribution in [0, 0.1) is 23.4 Å². The van der Waals surface area contributed by atoms with Crippen LogP contribution in [0.1, 0.15) is 19.3 Å². The van der Waals surface area contributed by atoms with Crippen molar-refractivity contribution in [2.75, 3.05) is 26.2 Å². The number of carbonyl (C=O) groups excluding carboxylic acids is 1. The smallest absolute Gasteiger partial charge is 0.246 e. The van der Waals surface area contributed by atoms with E-state index in [-0.39, 0.29) is 38.0 Å². The zero-order valence-corrected chi connectivity index (χ0v) is 14.8. The fourth-order valence-corrected chi connectivity index (χ4v) is 4.72. The van der Waals surface area contributed by atoms with E-state index in [1.807, 2.05) is 12.2 Å². The van der Waals surface area contributed by atoms with Gasteiger partial charge in [-0.05, 0) is 30.9 Å². The number of halogens is 3. The molecular formula is C17H19F3N2O3S. The Bertz CT molecular complexity index is 834. The SMILES string of the molecule is O=C(C[C@@H]1C=CCC1)N1CCN(S(=O)(=O)c2ccc(F)c(F)c2F)CC1. The minimum absolute atomic E-state index is 0.0208. The van der Waals surface area contributed by atoms with Crippen LogP contribution >= 0.6 is 0 Å². The van der Waals surface area contributed by atoms with Gasteiger partial charge in [0, 0.05) is 32.6 Å². The molecule has 26 heavy (non-hydrogen) atoms. The third kappa shape index (κ3) is 3.64. The van der Waals surface area contributed by atoms with Gasteiger partial charge in [-0.1, -0.05) is 12.2 Å². The molecule has 0 spiro atoms. The van der Waals surface area contributed by atoms with E-state index >= 15 is 0 Å². The number of hydrogen-bond donors (Lipinski definition) is 0. The van der Waals surface area contributed by atoms with Gasteiger partial charge in [0.1, 0.15) is 4.90 Å². The molecule has 0 unspecified atom stereocenters. The number of carbonyl (C=O) groups is 1. The molecule has 1 aliphatic heterocycles. The second-order valence-electron chi connectivity index (χ2n) is 6.43. The Labute approximate surface area is 150 Å². The molecule has 1 fully saturated rings. The van der Waals surface area contributed by atoms with Crippen LogP contribution in [0.2, 0.25) is 0 Å². The first-order chi connectivity index (χ1) is 12.3. The van der Waals surface area contributed by atoms with E-state index in [9.17, 15) is 26.4 Å². The monoisotopic (exact) mass is 388 g/mol. The molecule has 1 aliphatic carbocycles. The van der Waals surface area contributed by atoms with Crippen molar-refractivity contribution >= 4 is 15.9 Å². The number of benzene rings is 1. The van der Waals surface area contributed by atoms with Crippen LogP contribution in [0.15, 0.2) is 29.2 Å². The van der Waals surface area contributed by atoms with Crippen molar-refractivity contribution in [1.82, 2.24) is 9.21 Å². The number of sulfonamides is 1. The highest BCUT2D eigenvalue weighted by Crippen LogP contribution is 2.25. The minimum Gasteiger partial charge on any atom is -0.340 e. The number of hydrogen-bond acceptors (Lipinski definition) is 3. The van der Waals surface area contributed by atoms with E-state index in [0.29, 0.717) is 18.6 Å². The van der Waals surface area contributed by atoms with E-state index in [1.165, 1.54) is 0 Å². The Balaban J connectivity index is 1.66. The number of rotatable bonds is 4. The largest absolute Gasteiger partial charge is 0.340 e. The zero-order chi connectivity index (χ0) is 18.9. The maximum atomic E-state index is 13.9. The highest BCUT2D eigenvalue weighted by Gasteiger charge is 2.33. The highest BCUT2D eigenvalue weighted by atomic mass is 32.2. The fourth-order valence-electron chi connectivity index (χ4n) is 3.24. The first kappa shape index (κ1) is 18.9. The predicted octanol–water partition coefficient (Wildman–Crippen LogP) is 2.29. The third-order valence-corrected chi connectivity index (χ3v) is 6.67. The Morgan fingerprint density at radius 3 is 2.38 bits per heavy atom. The molecule has 142 valence electrons. The molecule has 5 nitrogen and oxygen atoms in total. The van der Waals surface area contributed by atoms with Gasteiger partial charge in [0.25, 0.3) is 0 Å².